The third kappa shape index (κ3) is 5.10. The topological polar surface area (TPSA) is 73.9 Å². The molecule has 0 unspecified atom stereocenters. The smallest absolute Gasteiger partial charge is 0.340 e. The standard InChI is InChI=1S/C21H23NO5/c1-5-27-21(24)16-8-6-7-9-17(16)22-20(23)14(2)12-15-10-11-18(25-3)19(13-15)26-4/h6-13H,5H2,1-4H3,(H,22,23)/b14-12+. The minimum Gasteiger partial charge on any atom is -0.493 e. The maximum absolute atomic E-state index is 12.5. The van der Waals surface area contributed by atoms with Gasteiger partial charge in [0.1, 0.15) is 0 Å². The fourth-order valence-electron chi connectivity index (χ4n) is 2.46. The third-order valence-corrected chi connectivity index (χ3v) is 3.82. The average Bonchev–Trinajstić information content (AvgIpc) is 2.68. The van der Waals surface area contributed by atoms with Crippen molar-refractivity contribution in [2.75, 3.05) is 26.1 Å². The van der Waals surface area contributed by atoms with Gasteiger partial charge in [-0.25, -0.2) is 4.79 Å². The van der Waals surface area contributed by atoms with Crippen molar-refractivity contribution in [3.05, 3.63) is 59.2 Å². The molecule has 0 aliphatic rings. The molecule has 1 N–H and O–H groups in total. The zero-order valence-electron chi connectivity index (χ0n) is 15.9. The number of carbonyl (C=O) groups excluding carboxylic acids is 2. The van der Waals surface area contributed by atoms with E-state index in [4.69, 9.17) is 14.2 Å². The van der Waals surface area contributed by atoms with Crippen molar-refractivity contribution >= 4 is 23.6 Å². The van der Waals surface area contributed by atoms with Gasteiger partial charge in [0.2, 0.25) is 0 Å². The first-order valence-electron chi connectivity index (χ1n) is 8.48. The molecule has 2 rings (SSSR count). The molecule has 0 heterocycles. The number of carbonyl (C=O) groups is 2. The summed E-state index contributed by atoms with van der Waals surface area (Å²) in [6, 6.07) is 12.1. The summed E-state index contributed by atoms with van der Waals surface area (Å²) >= 11 is 0. The molecule has 0 fully saturated rings. The lowest BCUT2D eigenvalue weighted by Gasteiger charge is -2.11. The lowest BCUT2D eigenvalue weighted by molar-refractivity contribution is -0.112. The van der Waals surface area contributed by atoms with Gasteiger partial charge in [0.25, 0.3) is 5.91 Å². The fraction of sp³-hybridized carbons (Fsp3) is 0.238. The molecule has 0 atom stereocenters. The summed E-state index contributed by atoms with van der Waals surface area (Å²) in [5.74, 6) is 0.392. The van der Waals surface area contributed by atoms with Crippen LogP contribution < -0.4 is 14.8 Å². The lowest BCUT2D eigenvalue weighted by atomic mass is 10.1. The van der Waals surface area contributed by atoms with Crippen LogP contribution in [0.15, 0.2) is 48.0 Å². The highest BCUT2D eigenvalue weighted by Crippen LogP contribution is 2.28. The minimum atomic E-state index is -0.477. The quantitative estimate of drug-likeness (QED) is 0.591. The van der Waals surface area contributed by atoms with Crippen LogP contribution in [-0.4, -0.2) is 32.7 Å². The molecule has 0 spiro atoms. The Morgan fingerprint density at radius 2 is 1.74 bits per heavy atom. The van der Waals surface area contributed by atoms with Crippen LogP contribution in [0.1, 0.15) is 29.8 Å². The highest BCUT2D eigenvalue weighted by atomic mass is 16.5. The number of nitrogens with one attached hydrogen (secondary N) is 1. The molecule has 6 heteroatoms. The molecule has 0 aliphatic carbocycles. The molecule has 0 radical (unpaired) electrons. The minimum absolute atomic E-state index is 0.263. The SMILES string of the molecule is CCOC(=O)c1ccccc1NC(=O)/C(C)=C/c1ccc(OC)c(OC)c1. The first-order chi connectivity index (χ1) is 13.0. The summed E-state index contributed by atoms with van der Waals surface area (Å²) < 4.78 is 15.5. The Hall–Kier alpha value is -3.28. The Balaban J connectivity index is 2.21. The summed E-state index contributed by atoms with van der Waals surface area (Å²) in [4.78, 5) is 24.6. The molecule has 2 aromatic rings. The molecule has 0 saturated carbocycles. The van der Waals surface area contributed by atoms with E-state index in [1.165, 1.54) is 0 Å². The van der Waals surface area contributed by atoms with Gasteiger partial charge in [-0.1, -0.05) is 18.2 Å². The van der Waals surface area contributed by atoms with Crippen molar-refractivity contribution in [3.8, 4) is 11.5 Å². The molecule has 27 heavy (non-hydrogen) atoms. The molecular weight excluding hydrogens is 346 g/mol. The Morgan fingerprint density at radius 3 is 2.41 bits per heavy atom. The number of esters is 1. The molecule has 0 aromatic heterocycles. The van der Waals surface area contributed by atoms with Crippen LogP contribution in [0.4, 0.5) is 5.69 Å². The molecule has 142 valence electrons. The van der Waals surface area contributed by atoms with Crippen LogP contribution in [0.3, 0.4) is 0 Å². The van der Waals surface area contributed by atoms with Gasteiger partial charge in [0, 0.05) is 5.57 Å². The number of ether oxygens (including phenoxy) is 3. The van der Waals surface area contributed by atoms with Crippen LogP contribution in [0.5, 0.6) is 11.5 Å². The van der Waals surface area contributed by atoms with Crippen LogP contribution in [0, 0.1) is 0 Å². The maximum atomic E-state index is 12.5. The number of para-hydroxylation sites is 1. The molecule has 2 aromatic carbocycles. The Bertz CT molecular complexity index is 857. The van der Waals surface area contributed by atoms with Crippen LogP contribution >= 0.6 is 0 Å². The van der Waals surface area contributed by atoms with Crippen molar-refractivity contribution in [2.24, 2.45) is 0 Å². The van der Waals surface area contributed by atoms with E-state index in [1.807, 2.05) is 6.07 Å². The number of hydrogen-bond donors (Lipinski definition) is 1. The van der Waals surface area contributed by atoms with E-state index in [-0.39, 0.29) is 12.5 Å². The lowest BCUT2D eigenvalue weighted by Crippen LogP contribution is -2.16. The van der Waals surface area contributed by atoms with E-state index in [0.717, 1.165) is 5.56 Å². The summed E-state index contributed by atoms with van der Waals surface area (Å²) in [7, 11) is 3.12. The van der Waals surface area contributed by atoms with Gasteiger partial charge in [-0.2, -0.15) is 0 Å². The van der Waals surface area contributed by atoms with Crippen LogP contribution in [0.25, 0.3) is 6.08 Å². The van der Waals surface area contributed by atoms with Crippen LogP contribution in [-0.2, 0) is 9.53 Å². The van der Waals surface area contributed by atoms with Crippen molar-refractivity contribution in [3.63, 3.8) is 0 Å². The molecule has 0 aliphatic heterocycles. The number of rotatable bonds is 7. The highest BCUT2D eigenvalue weighted by Gasteiger charge is 2.14. The summed E-state index contributed by atoms with van der Waals surface area (Å²) in [5.41, 5.74) is 1.98. The van der Waals surface area contributed by atoms with Crippen LogP contribution in [0.2, 0.25) is 0 Å². The van der Waals surface area contributed by atoms with Gasteiger partial charge in [0.15, 0.2) is 11.5 Å². The second kappa shape index (κ2) is 9.43. The number of amides is 1. The van der Waals surface area contributed by atoms with Gasteiger partial charge in [-0.15, -0.1) is 0 Å². The Kier molecular flexibility index (Phi) is 7.00. The van der Waals surface area contributed by atoms with Gasteiger partial charge in [-0.05, 0) is 49.8 Å². The highest BCUT2D eigenvalue weighted by molar-refractivity contribution is 6.09. The van der Waals surface area contributed by atoms with Crippen molar-refractivity contribution in [1.29, 1.82) is 0 Å². The largest absolute Gasteiger partial charge is 0.493 e. The van der Waals surface area contributed by atoms with Gasteiger partial charge < -0.3 is 19.5 Å². The predicted molar refractivity (Wildman–Crippen MR) is 104 cm³/mol. The van der Waals surface area contributed by atoms with Gasteiger partial charge >= 0.3 is 5.97 Å². The number of anilines is 1. The van der Waals surface area contributed by atoms with Crippen molar-refractivity contribution in [1.82, 2.24) is 0 Å². The molecule has 1 amide bonds. The normalized spacial score (nSPS) is 10.9. The Labute approximate surface area is 158 Å². The second-order valence-electron chi connectivity index (χ2n) is 5.66. The van der Waals surface area contributed by atoms with Gasteiger partial charge in [0.05, 0.1) is 32.1 Å². The molecule has 6 nitrogen and oxygen atoms in total. The molecule has 0 saturated heterocycles. The van der Waals surface area contributed by atoms with E-state index in [1.54, 1.807) is 70.5 Å². The van der Waals surface area contributed by atoms with E-state index < -0.39 is 5.97 Å². The summed E-state index contributed by atoms with van der Waals surface area (Å²) in [6.07, 6.45) is 1.73. The Morgan fingerprint density at radius 1 is 1.04 bits per heavy atom. The maximum Gasteiger partial charge on any atom is 0.340 e. The predicted octanol–water partition coefficient (Wildman–Crippen LogP) is 3.92. The van der Waals surface area contributed by atoms with E-state index in [9.17, 15) is 9.59 Å². The summed E-state index contributed by atoms with van der Waals surface area (Å²) in [5, 5.41) is 2.76. The van der Waals surface area contributed by atoms with Gasteiger partial charge in [-0.3, -0.25) is 4.79 Å². The molecule has 0 bridgehead atoms. The van der Waals surface area contributed by atoms with E-state index >= 15 is 0 Å². The first kappa shape index (κ1) is 20.0. The number of methoxy groups -OCH3 is 2. The summed E-state index contributed by atoms with van der Waals surface area (Å²) in [6.45, 7) is 3.69. The van der Waals surface area contributed by atoms with E-state index in [0.29, 0.717) is 28.3 Å². The third-order valence-electron chi connectivity index (χ3n) is 3.82. The zero-order valence-corrected chi connectivity index (χ0v) is 15.9. The van der Waals surface area contributed by atoms with E-state index in [2.05, 4.69) is 5.32 Å². The zero-order chi connectivity index (χ0) is 19.8. The molecular formula is C21H23NO5. The second-order valence-corrected chi connectivity index (χ2v) is 5.66. The first-order valence-corrected chi connectivity index (χ1v) is 8.48. The van der Waals surface area contributed by atoms with Crippen molar-refractivity contribution < 1.29 is 23.8 Å². The average molecular weight is 369 g/mol. The number of benzene rings is 2. The monoisotopic (exact) mass is 369 g/mol. The van der Waals surface area contributed by atoms with Crippen molar-refractivity contribution in [2.45, 2.75) is 13.8 Å². The fourth-order valence-corrected chi connectivity index (χ4v) is 2.46. The number of hydrogen-bond acceptors (Lipinski definition) is 5.